The fraction of sp³-hybridized carbons (Fsp3) is 0.556. The Morgan fingerprint density at radius 3 is 2.19 bits per heavy atom. The molecule has 0 aliphatic heterocycles. The number of hydrogen-bond acceptors (Lipinski definition) is 2. The van der Waals surface area contributed by atoms with Gasteiger partial charge in [-0.25, -0.2) is 4.39 Å². The van der Waals surface area contributed by atoms with Crippen LogP contribution in [0.25, 0.3) is 0 Å². The summed E-state index contributed by atoms with van der Waals surface area (Å²) in [5.74, 6) is 6.73. The van der Waals surface area contributed by atoms with Crippen molar-refractivity contribution in [1.82, 2.24) is 0 Å². The molecule has 0 amide bonds. The average molecular weight is 292 g/mol. The van der Waals surface area contributed by atoms with Crippen LogP contribution in [-0.2, 0) is 0 Å². The highest BCUT2D eigenvalue weighted by molar-refractivity contribution is 5.45. The van der Waals surface area contributed by atoms with Crippen molar-refractivity contribution >= 4 is 0 Å². The van der Waals surface area contributed by atoms with Crippen LogP contribution in [0.4, 0.5) is 4.39 Å². The summed E-state index contributed by atoms with van der Waals surface area (Å²) in [6, 6.07) is 3.20. The maximum atomic E-state index is 14.3. The largest absolute Gasteiger partial charge is 0.490 e. The predicted octanol–water partition coefficient (Wildman–Crippen LogP) is 4.92. The number of ether oxygens (including phenoxy) is 2. The van der Waals surface area contributed by atoms with Crippen molar-refractivity contribution in [1.29, 1.82) is 0 Å². The molecule has 116 valence electrons. The van der Waals surface area contributed by atoms with Crippen LogP contribution in [0.2, 0.25) is 0 Å². The predicted molar refractivity (Wildman–Crippen MR) is 84.5 cm³/mol. The van der Waals surface area contributed by atoms with Crippen LogP contribution in [0.5, 0.6) is 11.5 Å². The molecular formula is C18H25FO2. The van der Waals surface area contributed by atoms with E-state index >= 15 is 0 Å². The minimum absolute atomic E-state index is 0.0293. The molecule has 0 saturated carbocycles. The molecule has 1 rings (SSSR count). The molecule has 0 aliphatic rings. The summed E-state index contributed by atoms with van der Waals surface area (Å²) in [4.78, 5) is 0. The van der Waals surface area contributed by atoms with E-state index < -0.39 is 0 Å². The van der Waals surface area contributed by atoms with E-state index in [1.165, 1.54) is 6.07 Å². The van der Waals surface area contributed by atoms with Crippen LogP contribution in [0.1, 0.15) is 58.4 Å². The second-order valence-corrected chi connectivity index (χ2v) is 5.05. The van der Waals surface area contributed by atoms with E-state index in [0.717, 1.165) is 12.8 Å². The zero-order valence-corrected chi connectivity index (χ0v) is 13.5. The lowest BCUT2D eigenvalue weighted by molar-refractivity contribution is 0.266. The topological polar surface area (TPSA) is 18.5 Å². The van der Waals surface area contributed by atoms with Gasteiger partial charge in [0, 0.05) is 12.5 Å². The minimum Gasteiger partial charge on any atom is -0.490 e. The van der Waals surface area contributed by atoms with Gasteiger partial charge in [0.1, 0.15) is 5.82 Å². The molecule has 0 radical (unpaired) electrons. The highest BCUT2D eigenvalue weighted by Crippen LogP contribution is 2.34. The summed E-state index contributed by atoms with van der Waals surface area (Å²) in [6.07, 6.45) is 2.41. The van der Waals surface area contributed by atoms with Gasteiger partial charge in [-0.2, -0.15) is 0 Å². The van der Waals surface area contributed by atoms with Crippen molar-refractivity contribution in [2.75, 3.05) is 13.2 Å². The molecular weight excluding hydrogens is 267 g/mol. The Bertz CT molecular complexity index is 500. The fourth-order valence-electron chi connectivity index (χ4n) is 1.94. The van der Waals surface area contributed by atoms with Crippen molar-refractivity contribution in [3.8, 4) is 23.3 Å². The molecule has 0 spiro atoms. The molecule has 0 bridgehead atoms. The Morgan fingerprint density at radius 1 is 1.10 bits per heavy atom. The smallest absolute Gasteiger partial charge is 0.164 e. The first-order valence-corrected chi connectivity index (χ1v) is 7.62. The molecule has 2 nitrogen and oxygen atoms in total. The van der Waals surface area contributed by atoms with Crippen LogP contribution in [0, 0.1) is 17.7 Å². The molecule has 0 fully saturated rings. The second-order valence-electron chi connectivity index (χ2n) is 5.05. The van der Waals surface area contributed by atoms with Gasteiger partial charge in [-0.05, 0) is 37.3 Å². The Balaban J connectivity index is 3.05. The third-order valence-corrected chi connectivity index (χ3v) is 3.10. The van der Waals surface area contributed by atoms with Crippen molar-refractivity contribution in [2.24, 2.45) is 0 Å². The van der Waals surface area contributed by atoms with Crippen molar-refractivity contribution in [3.63, 3.8) is 0 Å². The highest BCUT2D eigenvalue weighted by atomic mass is 19.1. The van der Waals surface area contributed by atoms with Crippen LogP contribution < -0.4 is 9.47 Å². The molecule has 1 unspecified atom stereocenters. The molecule has 3 heteroatoms. The van der Waals surface area contributed by atoms with E-state index in [2.05, 4.69) is 11.8 Å². The van der Waals surface area contributed by atoms with Crippen LogP contribution in [0.15, 0.2) is 12.1 Å². The Kier molecular flexibility index (Phi) is 7.68. The summed E-state index contributed by atoms with van der Waals surface area (Å²) in [5, 5.41) is 0. The summed E-state index contributed by atoms with van der Waals surface area (Å²) in [5.41, 5.74) is 0.632. The molecule has 0 heterocycles. The van der Waals surface area contributed by atoms with Crippen LogP contribution in [0.3, 0.4) is 0 Å². The Morgan fingerprint density at radius 2 is 1.67 bits per heavy atom. The SMILES string of the molecule is CC#CCC(C)c1cc(OCCC)c(OCCC)cc1F. The zero-order valence-electron chi connectivity index (χ0n) is 13.5. The van der Waals surface area contributed by atoms with Gasteiger partial charge < -0.3 is 9.47 Å². The Labute approximate surface area is 127 Å². The highest BCUT2D eigenvalue weighted by Gasteiger charge is 2.16. The molecule has 0 aliphatic carbocycles. The molecule has 21 heavy (non-hydrogen) atoms. The lowest BCUT2D eigenvalue weighted by atomic mass is 9.97. The van der Waals surface area contributed by atoms with Gasteiger partial charge >= 0.3 is 0 Å². The van der Waals surface area contributed by atoms with E-state index in [9.17, 15) is 4.39 Å². The van der Waals surface area contributed by atoms with Gasteiger partial charge in [0.25, 0.3) is 0 Å². The minimum atomic E-state index is -0.254. The van der Waals surface area contributed by atoms with Crippen molar-refractivity contribution < 1.29 is 13.9 Å². The van der Waals surface area contributed by atoms with E-state index in [1.54, 1.807) is 13.0 Å². The third kappa shape index (κ3) is 5.30. The molecule has 0 N–H and O–H groups in total. The summed E-state index contributed by atoms with van der Waals surface area (Å²) in [7, 11) is 0. The first kappa shape index (κ1) is 17.4. The quantitative estimate of drug-likeness (QED) is 0.633. The maximum absolute atomic E-state index is 14.3. The van der Waals surface area contributed by atoms with E-state index in [-0.39, 0.29) is 11.7 Å². The number of benzene rings is 1. The fourth-order valence-corrected chi connectivity index (χ4v) is 1.94. The number of rotatable bonds is 8. The van der Waals surface area contributed by atoms with Crippen molar-refractivity contribution in [2.45, 2.75) is 52.9 Å². The lowest BCUT2D eigenvalue weighted by Crippen LogP contribution is -2.05. The summed E-state index contributed by atoms with van der Waals surface area (Å²) < 4.78 is 25.6. The molecule has 1 aromatic rings. The van der Waals surface area contributed by atoms with Gasteiger partial charge in [-0.3, -0.25) is 0 Å². The van der Waals surface area contributed by atoms with Gasteiger partial charge in [0.15, 0.2) is 11.5 Å². The normalized spacial score (nSPS) is 11.5. The molecule has 1 aromatic carbocycles. The van der Waals surface area contributed by atoms with Gasteiger partial charge in [-0.1, -0.05) is 20.8 Å². The lowest BCUT2D eigenvalue weighted by Gasteiger charge is -2.16. The molecule has 1 atom stereocenters. The van der Waals surface area contributed by atoms with E-state index in [0.29, 0.717) is 36.7 Å². The Hall–Kier alpha value is -1.69. The third-order valence-electron chi connectivity index (χ3n) is 3.10. The van der Waals surface area contributed by atoms with Gasteiger partial charge in [0.05, 0.1) is 13.2 Å². The van der Waals surface area contributed by atoms with Gasteiger partial charge in [0.2, 0.25) is 0 Å². The first-order chi connectivity index (χ1) is 10.1. The standard InChI is InChI=1S/C18H25FO2/c1-5-8-9-14(4)15-12-17(20-10-6-2)18(13-16(15)19)21-11-7-3/h12-14H,6-7,9-11H2,1-4H3. The van der Waals surface area contributed by atoms with Crippen molar-refractivity contribution in [3.05, 3.63) is 23.5 Å². The monoisotopic (exact) mass is 292 g/mol. The summed E-state index contributed by atoms with van der Waals surface area (Å²) >= 11 is 0. The second kappa shape index (κ2) is 9.28. The maximum Gasteiger partial charge on any atom is 0.164 e. The number of halogens is 1. The van der Waals surface area contributed by atoms with Gasteiger partial charge in [-0.15, -0.1) is 11.8 Å². The average Bonchev–Trinajstić information content (AvgIpc) is 2.49. The van der Waals surface area contributed by atoms with E-state index in [4.69, 9.17) is 9.47 Å². The van der Waals surface area contributed by atoms with Crippen LogP contribution >= 0.6 is 0 Å². The van der Waals surface area contributed by atoms with E-state index in [1.807, 2.05) is 20.8 Å². The summed E-state index contributed by atoms with van der Waals surface area (Å²) in [6.45, 7) is 8.97. The van der Waals surface area contributed by atoms with Crippen LogP contribution in [-0.4, -0.2) is 13.2 Å². The number of hydrogen-bond donors (Lipinski definition) is 0. The zero-order chi connectivity index (χ0) is 15.7. The molecule has 0 aromatic heterocycles. The molecule has 0 saturated heterocycles. The first-order valence-electron chi connectivity index (χ1n) is 7.62.